The Balaban J connectivity index is 1.81. The fourth-order valence-corrected chi connectivity index (χ4v) is 2.89. The maximum Gasteiger partial charge on any atom is 0.253 e. The van der Waals surface area contributed by atoms with Crippen LogP contribution in [0.2, 0.25) is 0 Å². The van der Waals surface area contributed by atoms with E-state index in [1.807, 2.05) is 48.9 Å². The molecule has 136 valence electrons. The molecular formula is C20H24N4O2. The van der Waals surface area contributed by atoms with Gasteiger partial charge in [-0.3, -0.25) is 4.79 Å². The number of para-hydroxylation sites is 1. The summed E-state index contributed by atoms with van der Waals surface area (Å²) >= 11 is 0. The Bertz CT molecular complexity index is 931. The van der Waals surface area contributed by atoms with Crippen molar-refractivity contribution in [2.24, 2.45) is 0 Å². The van der Waals surface area contributed by atoms with E-state index < -0.39 is 0 Å². The number of amides is 1. The van der Waals surface area contributed by atoms with E-state index in [2.05, 4.69) is 29.2 Å². The molecule has 0 atom stereocenters. The number of ether oxygens (including phenoxy) is 1. The highest BCUT2D eigenvalue weighted by Gasteiger charge is 2.15. The van der Waals surface area contributed by atoms with Gasteiger partial charge in [0.05, 0.1) is 24.1 Å². The molecule has 0 spiro atoms. The molecule has 2 aromatic heterocycles. The Morgan fingerprint density at radius 2 is 2.08 bits per heavy atom. The number of benzene rings is 1. The lowest BCUT2D eigenvalue weighted by Gasteiger charge is -2.12. The van der Waals surface area contributed by atoms with E-state index in [0.29, 0.717) is 24.4 Å². The Labute approximate surface area is 153 Å². The van der Waals surface area contributed by atoms with Crippen molar-refractivity contribution in [3.8, 4) is 5.75 Å². The van der Waals surface area contributed by atoms with Crippen LogP contribution in [-0.2, 0) is 6.54 Å². The van der Waals surface area contributed by atoms with Gasteiger partial charge in [0.1, 0.15) is 5.75 Å². The van der Waals surface area contributed by atoms with E-state index in [4.69, 9.17) is 4.74 Å². The van der Waals surface area contributed by atoms with Gasteiger partial charge in [0.2, 0.25) is 0 Å². The Morgan fingerprint density at radius 3 is 2.81 bits per heavy atom. The molecule has 1 N–H and O–H groups in total. The molecule has 0 fully saturated rings. The second-order valence-corrected chi connectivity index (χ2v) is 6.44. The number of carbonyl (C=O) groups is 1. The van der Waals surface area contributed by atoms with Crippen molar-refractivity contribution in [1.29, 1.82) is 0 Å². The number of nitrogens with one attached hydrogen (secondary N) is 1. The summed E-state index contributed by atoms with van der Waals surface area (Å²) in [6.07, 6.45) is 1.75. The molecule has 1 aromatic carbocycles. The monoisotopic (exact) mass is 352 g/mol. The first-order valence-corrected chi connectivity index (χ1v) is 8.85. The summed E-state index contributed by atoms with van der Waals surface area (Å²) in [7, 11) is 0. The van der Waals surface area contributed by atoms with Gasteiger partial charge in [-0.2, -0.15) is 5.10 Å². The highest BCUT2D eigenvalue weighted by Crippen LogP contribution is 2.20. The third kappa shape index (κ3) is 3.54. The van der Waals surface area contributed by atoms with Crippen LogP contribution in [0.4, 0.5) is 0 Å². The van der Waals surface area contributed by atoms with Crippen molar-refractivity contribution in [3.63, 3.8) is 0 Å². The van der Waals surface area contributed by atoms with Gasteiger partial charge >= 0.3 is 0 Å². The number of aryl methyl sites for hydroxylation is 1. The Hall–Kier alpha value is -2.89. The second kappa shape index (κ2) is 7.56. The van der Waals surface area contributed by atoms with Crippen molar-refractivity contribution in [2.45, 2.75) is 40.3 Å². The molecule has 0 aliphatic heterocycles. The van der Waals surface area contributed by atoms with Crippen molar-refractivity contribution in [2.75, 3.05) is 6.61 Å². The van der Waals surface area contributed by atoms with Crippen LogP contribution in [0, 0.1) is 6.92 Å². The average molecular weight is 352 g/mol. The van der Waals surface area contributed by atoms with Gasteiger partial charge in [-0.25, -0.2) is 9.67 Å². The second-order valence-electron chi connectivity index (χ2n) is 6.44. The van der Waals surface area contributed by atoms with Gasteiger partial charge in [0.15, 0.2) is 5.65 Å². The Morgan fingerprint density at radius 1 is 1.31 bits per heavy atom. The van der Waals surface area contributed by atoms with Crippen molar-refractivity contribution < 1.29 is 9.53 Å². The van der Waals surface area contributed by atoms with Crippen LogP contribution < -0.4 is 10.1 Å². The number of hydrogen-bond acceptors (Lipinski definition) is 4. The molecule has 0 bridgehead atoms. The highest BCUT2D eigenvalue weighted by molar-refractivity contribution is 5.98. The summed E-state index contributed by atoms with van der Waals surface area (Å²) in [6, 6.07) is 9.78. The summed E-state index contributed by atoms with van der Waals surface area (Å²) in [6.45, 7) is 8.89. The summed E-state index contributed by atoms with van der Waals surface area (Å²) in [4.78, 5) is 17.3. The highest BCUT2D eigenvalue weighted by atomic mass is 16.5. The van der Waals surface area contributed by atoms with E-state index >= 15 is 0 Å². The fraction of sp³-hybridized carbons (Fsp3) is 0.350. The van der Waals surface area contributed by atoms with Gasteiger partial charge in [0.25, 0.3) is 5.91 Å². The van der Waals surface area contributed by atoms with Crippen LogP contribution in [0.5, 0.6) is 5.75 Å². The topological polar surface area (TPSA) is 69.0 Å². The Kier molecular flexibility index (Phi) is 5.21. The van der Waals surface area contributed by atoms with E-state index in [-0.39, 0.29) is 11.9 Å². The quantitative estimate of drug-likeness (QED) is 0.735. The standard InChI is InChI=1S/C20H24N4O2/c1-5-26-18-9-7-6-8-15(18)11-21-20(25)17-10-16-12-22-24(13(2)3)19(16)23-14(17)4/h6-10,12-13H,5,11H2,1-4H3,(H,21,25). The molecule has 0 aliphatic carbocycles. The lowest BCUT2D eigenvalue weighted by Crippen LogP contribution is -2.24. The first kappa shape index (κ1) is 17.9. The summed E-state index contributed by atoms with van der Waals surface area (Å²) in [5.74, 6) is 0.638. The minimum atomic E-state index is -0.152. The summed E-state index contributed by atoms with van der Waals surface area (Å²) in [5, 5.41) is 8.20. The maximum absolute atomic E-state index is 12.7. The molecule has 2 heterocycles. The first-order valence-electron chi connectivity index (χ1n) is 8.85. The van der Waals surface area contributed by atoms with Crippen LogP contribution in [0.25, 0.3) is 11.0 Å². The molecule has 26 heavy (non-hydrogen) atoms. The molecule has 3 aromatic rings. The molecular weight excluding hydrogens is 328 g/mol. The zero-order chi connectivity index (χ0) is 18.7. The van der Waals surface area contributed by atoms with Gasteiger partial charge in [-0.05, 0) is 39.8 Å². The molecule has 0 radical (unpaired) electrons. The fourth-order valence-electron chi connectivity index (χ4n) is 2.89. The van der Waals surface area contributed by atoms with Crippen LogP contribution in [0.3, 0.4) is 0 Å². The van der Waals surface area contributed by atoms with Crippen molar-refractivity contribution in [1.82, 2.24) is 20.1 Å². The smallest absolute Gasteiger partial charge is 0.253 e. The normalized spacial score (nSPS) is 11.1. The van der Waals surface area contributed by atoms with Gasteiger partial charge < -0.3 is 10.1 Å². The molecule has 0 aliphatic rings. The van der Waals surface area contributed by atoms with E-state index in [9.17, 15) is 4.79 Å². The van der Waals surface area contributed by atoms with Crippen LogP contribution >= 0.6 is 0 Å². The minimum Gasteiger partial charge on any atom is -0.494 e. The number of carbonyl (C=O) groups excluding carboxylic acids is 1. The minimum absolute atomic E-state index is 0.152. The van der Waals surface area contributed by atoms with Gasteiger partial charge in [-0.15, -0.1) is 0 Å². The van der Waals surface area contributed by atoms with E-state index in [0.717, 1.165) is 22.3 Å². The zero-order valence-electron chi connectivity index (χ0n) is 15.6. The molecule has 6 heteroatoms. The number of pyridine rings is 1. The SMILES string of the molecule is CCOc1ccccc1CNC(=O)c1cc2cnn(C(C)C)c2nc1C. The average Bonchev–Trinajstić information content (AvgIpc) is 3.03. The van der Waals surface area contributed by atoms with Gasteiger partial charge in [-0.1, -0.05) is 18.2 Å². The molecule has 3 rings (SSSR count). The number of aromatic nitrogens is 3. The molecule has 0 unspecified atom stereocenters. The molecule has 6 nitrogen and oxygen atoms in total. The third-order valence-corrected chi connectivity index (χ3v) is 4.21. The number of hydrogen-bond donors (Lipinski definition) is 1. The number of rotatable bonds is 6. The van der Waals surface area contributed by atoms with Crippen LogP contribution in [0.1, 0.15) is 48.4 Å². The molecule has 1 amide bonds. The van der Waals surface area contributed by atoms with Crippen molar-refractivity contribution >= 4 is 16.9 Å². The predicted octanol–water partition coefficient (Wildman–Crippen LogP) is 3.65. The van der Waals surface area contributed by atoms with Crippen LogP contribution in [0.15, 0.2) is 36.5 Å². The third-order valence-electron chi connectivity index (χ3n) is 4.21. The number of nitrogens with zero attached hydrogens (tertiary/aromatic N) is 3. The number of fused-ring (bicyclic) bond motifs is 1. The van der Waals surface area contributed by atoms with E-state index in [1.54, 1.807) is 6.20 Å². The molecule has 0 saturated carbocycles. The summed E-state index contributed by atoms with van der Waals surface area (Å²) in [5.41, 5.74) is 3.00. The summed E-state index contributed by atoms with van der Waals surface area (Å²) < 4.78 is 7.47. The van der Waals surface area contributed by atoms with Gasteiger partial charge in [0, 0.05) is 23.5 Å². The van der Waals surface area contributed by atoms with Crippen molar-refractivity contribution in [3.05, 3.63) is 53.3 Å². The lowest BCUT2D eigenvalue weighted by atomic mass is 10.1. The van der Waals surface area contributed by atoms with E-state index in [1.165, 1.54) is 0 Å². The maximum atomic E-state index is 12.7. The first-order chi connectivity index (χ1) is 12.5. The predicted molar refractivity (Wildman–Crippen MR) is 101 cm³/mol. The largest absolute Gasteiger partial charge is 0.494 e. The molecule has 0 saturated heterocycles. The zero-order valence-corrected chi connectivity index (χ0v) is 15.6. The van der Waals surface area contributed by atoms with Crippen LogP contribution in [-0.4, -0.2) is 27.3 Å². The lowest BCUT2D eigenvalue weighted by molar-refractivity contribution is 0.0950.